The zero-order valence-corrected chi connectivity index (χ0v) is 9.06. The fourth-order valence-corrected chi connectivity index (χ4v) is 2.27. The molecule has 0 amide bonds. The van der Waals surface area contributed by atoms with Gasteiger partial charge in [-0.3, -0.25) is 0 Å². The van der Waals surface area contributed by atoms with E-state index in [0.29, 0.717) is 6.04 Å². The smallest absolute Gasteiger partial charge is 0.164 e. The van der Waals surface area contributed by atoms with Crippen LogP contribution in [-0.2, 0) is 0 Å². The van der Waals surface area contributed by atoms with Gasteiger partial charge in [-0.2, -0.15) is 0 Å². The maximum atomic E-state index is 4.31. The van der Waals surface area contributed by atoms with Gasteiger partial charge in [0.2, 0.25) is 0 Å². The lowest BCUT2D eigenvalue weighted by Crippen LogP contribution is -2.15. The summed E-state index contributed by atoms with van der Waals surface area (Å²) in [6.45, 7) is 0. The molecule has 4 heteroatoms. The van der Waals surface area contributed by atoms with Gasteiger partial charge in [-0.05, 0) is 25.0 Å². The highest BCUT2D eigenvalue weighted by atomic mass is 15.0. The van der Waals surface area contributed by atoms with Gasteiger partial charge in [-0.15, -0.1) is 0 Å². The third kappa shape index (κ3) is 1.71. The van der Waals surface area contributed by atoms with Crippen LogP contribution in [0.4, 0.5) is 5.82 Å². The zero-order chi connectivity index (χ0) is 10.8. The molecule has 2 aromatic heterocycles. The topological polar surface area (TPSA) is 50.7 Å². The average molecular weight is 214 g/mol. The summed E-state index contributed by atoms with van der Waals surface area (Å²) in [6.07, 6.45) is 8.46. The maximum absolute atomic E-state index is 4.31. The van der Waals surface area contributed by atoms with Crippen LogP contribution in [0.25, 0.3) is 11.0 Å². The molecule has 1 aliphatic rings. The van der Waals surface area contributed by atoms with Gasteiger partial charge in [0.05, 0.1) is 5.39 Å². The molecule has 0 unspecified atom stereocenters. The minimum Gasteiger partial charge on any atom is -0.367 e. The van der Waals surface area contributed by atoms with Crippen molar-refractivity contribution in [3.05, 3.63) is 24.7 Å². The Morgan fingerprint density at radius 1 is 1.12 bits per heavy atom. The van der Waals surface area contributed by atoms with Gasteiger partial charge in [0, 0.05) is 12.2 Å². The Morgan fingerprint density at radius 3 is 2.88 bits per heavy atom. The van der Waals surface area contributed by atoms with Crippen molar-refractivity contribution in [3.8, 4) is 0 Å². The van der Waals surface area contributed by atoms with Gasteiger partial charge >= 0.3 is 0 Å². The first kappa shape index (κ1) is 9.51. The van der Waals surface area contributed by atoms with E-state index in [-0.39, 0.29) is 0 Å². The van der Waals surface area contributed by atoms with Crippen molar-refractivity contribution in [1.82, 2.24) is 15.0 Å². The van der Waals surface area contributed by atoms with Crippen LogP contribution >= 0.6 is 0 Å². The second-order valence-electron chi connectivity index (χ2n) is 4.22. The molecule has 1 saturated carbocycles. The highest BCUT2D eigenvalue weighted by molar-refractivity contribution is 5.85. The molecule has 0 aliphatic heterocycles. The predicted molar refractivity (Wildman–Crippen MR) is 63.2 cm³/mol. The van der Waals surface area contributed by atoms with Crippen LogP contribution in [0.15, 0.2) is 24.7 Å². The van der Waals surface area contributed by atoms with Crippen LogP contribution in [0.1, 0.15) is 25.7 Å². The molecular formula is C12H14N4. The van der Waals surface area contributed by atoms with Crippen molar-refractivity contribution in [2.24, 2.45) is 0 Å². The van der Waals surface area contributed by atoms with Gasteiger partial charge in [0.25, 0.3) is 0 Å². The molecule has 0 atom stereocenters. The summed E-state index contributed by atoms with van der Waals surface area (Å²) in [7, 11) is 0. The maximum Gasteiger partial charge on any atom is 0.164 e. The summed E-state index contributed by atoms with van der Waals surface area (Å²) in [6, 6.07) is 4.50. The molecular weight excluding hydrogens is 200 g/mol. The minimum atomic E-state index is 0.568. The van der Waals surface area contributed by atoms with Gasteiger partial charge in [-0.1, -0.05) is 12.8 Å². The summed E-state index contributed by atoms with van der Waals surface area (Å²) in [5, 5.41) is 4.50. The van der Waals surface area contributed by atoms with Gasteiger partial charge in [0.1, 0.15) is 12.1 Å². The molecule has 1 fully saturated rings. The molecule has 0 saturated heterocycles. The first-order chi connectivity index (χ1) is 7.93. The largest absolute Gasteiger partial charge is 0.367 e. The first-order valence-electron chi connectivity index (χ1n) is 5.76. The summed E-state index contributed by atoms with van der Waals surface area (Å²) in [4.78, 5) is 12.7. The van der Waals surface area contributed by atoms with E-state index in [1.54, 1.807) is 12.5 Å². The Bertz CT molecular complexity index is 486. The normalized spacial score (nSPS) is 16.8. The van der Waals surface area contributed by atoms with Crippen molar-refractivity contribution >= 4 is 16.9 Å². The lowest BCUT2D eigenvalue weighted by atomic mass is 10.2. The van der Waals surface area contributed by atoms with E-state index in [2.05, 4.69) is 20.3 Å². The summed E-state index contributed by atoms with van der Waals surface area (Å²) in [5.41, 5.74) is 0.762. The molecule has 82 valence electrons. The van der Waals surface area contributed by atoms with E-state index in [0.717, 1.165) is 16.9 Å². The van der Waals surface area contributed by atoms with Crippen molar-refractivity contribution in [1.29, 1.82) is 0 Å². The van der Waals surface area contributed by atoms with E-state index in [1.165, 1.54) is 25.7 Å². The number of nitrogens with one attached hydrogen (secondary N) is 1. The van der Waals surface area contributed by atoms with Crippen LogP contribution in [0.5, 0.6) is 0 Å². The van der Waals surface area contributed by atoms with Crippen molar-refractivity contribution in [2.45, 2.75) is 31.7 Å². The van der Waals surface area contributed by atoms with Gasteiger partial charge < -0.3 is 5.32 Å². The predicted octanol–water partition coefficient (Wildman–Crippen LogP) is 2.38. The molecule has 0 spiro atoms. The number of fused-ring (bicyclic) bond motifs is 1. The van der Waals surface area contributed by atoms with E-state index in [4.69, 9.17) is 0 Å². The molecule has 2 heterocycles. The highest BCUT2D eigenvalue weighted by Crippen LogP contribution is 2.24. The molecule has 0 radical (unpaired) electrons. The van der Waals surface area contributed by atoms with Gasteiger partial charge in [-0.25, -0.2) is 15.0 Å². The summed E-state index contributed by atoms with van der Waals surface area (Å²) >= 11 is 0. The quantitative estimate of drug-likeness (QED) is 0.833. The molecule has 0 aromatic carbocycles. The molecule has 16 heavy (non-hydrogen) atoms. The number of aromatic nitrogens is 3. The second kappa shape index (κ2) is 4.04. The van der Waals surface area contributed by atoms with Crippen LogP contribution in [-0.4, -0.2) is 21.0 Å². The number of pyridine rings is 1. The van der Waals surface area contributed by atoms with Crippen LogP contribution in [0.3, 0.4) is 0 Å². The van der Waals surface area contributed by atoms with Crippen LogP contribution in [0.2, 0.25) is 0 Å². The SMILES string of the molecule is c1cnc2ncnc(NC3CCCC3)c2c1. The standard InChI is InChI=1S/C12H14N4/c1-2-5-9(4-1)16-12-10-6-3-7-13-11(10)14-8-15-12/h3,6-9H,1-2,4-5H2,(H,13,14,15,16). The van der Waals surface area contributed by atoms with E-state index < -0.39 is 0 Å². The fraction of sp³-hybridized carbons (Fsp3) is 0.417. The molecule has 3 rings (SSSR count). The van der Waals surface area contributed by atoms with Crippen molar-refractivity contribution in [2.75, 3.05) is 5.32 Å². The Labute approximate surface area is 94.1 Å². The lowest BCUT2D eigenvalue weighted by Gasteiger charge is -2.13. The number of rotatable bonds is 2. The molecule has 0 bridgehead atoms. The Kier molecular flexibility index (Phi) is 2.40. The van der Waals surface area contributed by atoms with Crippen molar-refractivity contribution < 1.29 is 0 Å². The van der Waals surface area contributed by atoms with E-state index >= 15 is 0 Å². The molecule has 1 aliphatic carbocycles. The van der Waals surface area contributed by atoms with Crippen molar-refractivity contribution in [3.63, 3.8) is 0 Å². The molecule has 4 nitrogen and oxygen atoms in total. The number of anilines is 1. The second-order valence-corrected chi connectivity index (χ2v) is 4.22. The zero-order valence-electron chi connectivity index (χ0n) is 9.06. The summed E-state index contributed by atoms with van der Waals surface area (Å²) in [5.74, 6) is 0.921. The highest BCUT2D eigenvalue weighted by Gasteiger charge is 2.16. The van der Waals surface area contributed by atoms with Gasteiger partial charge in [0.15, 0.2) is 5.65 Å². The third-order valence-corrected chi connectivity index (χ3v) is 3.10. The average Bonchev–Trinajstić information content (AvgIpc) is 2.82. The monoisotopic (exact) mass is 214 g/mol. The van der Waals surface area contributed by atoms with Crippen LogP contribution < -0.4 is 5.32 Å². The Balaban J connectivity index is 1.96. The lowest BCUT2D eigenvalue weighted by molar-refractivity contribution is 0.751. The Morgan fingerprint density at radius 2 is 2.00 bits per heavy atom. The number of hydrogen-bond donors (Lipinski definition) is 1. The Hall–Kier alpha value is -1.71. The fourth-order valence-electron chi connectivity index (χ4n) is 2.27. The first-order valence-corrected chi connectivity index (χ1v) is 5.76. The van der Waals surface area contributed by atoms with E-state index in [1.807, 2.05) is 12.1 Å². The third-order valence-electron chi connectivity index (χ3n) is 3.10. The summed E-state index contributed by atoms with van der Waals surface area (Å²) < 4.78 is 0. The minimum absolute atomic E-state index is 0.568. The molecule has 1 N–H and O–H groups in total. The van der Waals surface area contributed by atoms with E-state index in [9.17, 15) is 0 Å². The number of hydrogen-bond acceptors (Lipinski definition) is 4. The van der Waals surface area contributed by atoms with Crippen LogP contribution in [0, 0.1) is 0 Å². The number of nitrogens with zero attached hydrogens (tertiary/aromatic N) is 3. The molecule has 2 aromatic rings.